The minimum absolute atomic E-state index is 0.305. The summed E-state index contributed by atoms with van der Waals surface area (Å²) in [6, 6.07) is 22.9. The summed E-state index contributed by atoms with van der Waals surface area (Å²) in [6.45, 7) is 1.53. The fourth-order valence-electron chi connectivity index (χ4n) is 4.22. The Balaban J connectivity index is 1.27. The van der Waals surface area contributed by atoms with Crippen LogP contribution in [0.25, 0.3) is 22.0 Å². The fraction of sp³-hybridized carbons (Fsp3) is 0.192. The van der Waals surface area contributed by atoms with Crippen LogP contribution in [0.3, 0.4) is 0 Å². The Morgan fingerprint density at radius 1 is 0.765 bits per heavy atom. The van der Waals surface area contributed by atoms with E-state index in [1.165, 1.54) is 23.1 Å². The molecule has 8 heteroatoms. The van der Waals surface area contributed by atoms with E-state index in [2.05, 4.69) is 28.4 Å². The highest BCUT2D eigenvalue weighted by Crippen LogP contribution is 2.32. The van der Waals surface area contributed by atoms with Crippen LogP contribution in [0.15, 0.2) is 78.9 Å². The fourth-order valence-corrected chi connectivity index (χ4v) is 4.22. The molecule has 0 saturated carbocycles. The zero-order chi connectivity index (χ0) is 23.7. The number of amides is 1. The number of halogens is 3. The van der Waals surface area contributed by atoms with E-state index in [9.17, 15) is 18.0 Å². The number of hydrogen-bond donors (Lipinski definition) is 0. The molecular weight excluding hydrogens is 441 g/mol. The highest BCUT2D eigenvalue weighted by molar-refractivity contribution is 5.96. The molecular formula is C26H21F3N4O. The number of aromatic nitrogens is 2. The molecule has 5 nitrogen and oxygen atoms in total. The summed E-state index contributed by atoms with van der Waals surface area (Å²) < 4.78 is 39.9. The molecule has 2 heterocycles. The van der Waals surface area contributed by atoms with Crippen LogP contribution < -0.4 is 4.90 Å². The molecule has 4 aromatic rings. The van der Waals surface area contributed by atoms with E-state index in [0.29, 0.717) is 32.0 Å². The van der Waals surface area contributed by atoms with Gasteiger partial charge in [-0.25, -0.2) is 0 Å². The van der Waals surface area contributed by atoms with Crippen molar-refractivity contribution in [3.8, 4) is 11.3 Å². The van der Waals surface area contributed by atoms with Crippen molar-refractivity contribution in [2.24, 2.45) is 0 Å². The van der Waals surface area contributed by atoms with Crippen molar-refractivity contribution >= 4 is 22.5 Å². The van der Waals surface area contributed by atoms with Crippen LogP contribution in [0.1, 0.15) is 15.9 Å². The van der Waals surface area contributed by atoms with Crippen molar-refractivity contribution in [2.45, 2.75) is 6.18 Å². The second-order valence-electron chi connectivity index (χ2n) is 8.16. The minimum atomic E-state index is -4.57. The first-order chi connectivity index (χ1) is 16.4. The lowest BCUT2D eigenvalue weighted by atomic mass is 10.0. The van der Waals surface area contributed by atoms with E-state index in [0.717, 1.165) is 28.1 Å². The first kappa shape index (κ1) is 21.9. The predicted octanol–water partition coefficient (Wildman–Crippen LogP) is 5.28. The molecule has 1 aromatic heterocycles. The van der Waals surface area contributed by atoms with Crippen molar-refractivity contribution in [3.05, 3.63) is 90.0 Å². The molecule has 0 bridgehead atoms. The molecule has 0 spiro atoms. The average Bonchev–Trinajstić information content (AvgIpc) is 2.88. The number of rotatable bonds is 3. The maximum Gasteiger partial charge on any atom is 0.417 e. The Morgan fingerprint density at radius 2 is 1.47 bits per heavy atom. The van der Waals surface area contributed by atoms with E-state index in [1.54, 1.807) is 0 Å². The highest BCUT2D eigenvalue weighted by Gasteiger charge is 2.36. The normalized spacial score (nSPS) is 14.4. The van der Waals surface area contributed by atoms with E-state index >= 15 is 0 Å². The molecule has 0 N–H and O–H groups in total. The Labute approximate surface area is 194 Å². The van der Waals surface area contributed by atoms with Gasteiger partial charge in [-0.3, -0.25) is 4.79 Å². The largest absolute Gasteiger partial charge is 0.417 e. The predicted molar refractivity (Wildman–Crippen MR) is 125 cm³/mol. The van der Waals surface area contributed by atoms with Gasteiger partial charge in [0.15, 0.2) is 5.82 Å². The maximum atomic E-state index is 13.3. The van der Waals surface area contributed by atoms with Gasteiger partial charge in [-0.05, 0) is 41.1 Å². The zero-order valence-corrected chi connectivity index (χ0v) is 18.2. The van der Waals surface area contributed by atoms with E-state index in [1.807, 2.05) is 41.3 Å². The van der Waals surface area contributed by atoms with Crippen molar-refractivity contribution in [1.29, 1.82) is 0 Å². The third-order valence-corrected chi connectivity index (χ3v) is 6.05. The van der Waals surface area contributed by atoms with Gasteiger partial charge in [0.1, 0.15) is 0 Å². The highest BCUT2D eigenvalue weighted by atomic mass is 19.4. The molecule has 0 unspecified atom stereocenters. The quantitative estimate of drug-likeness (QED) is 0.416. The number of carbonyl (C=O) groups excluding carboxylic acids is 1. The Hall–Kier alpha value is -3.94. The van der Waals surface area contributed by atoms with Gasteiger partial charge in [0.25, 0.3) is 5.91 Å². The average molecular weight is 462 g/mol. The lowest BCUT2D eigenvalue weighted by Crippen LogP contribution is -2.49. The van der Waals surface area contributed by atoms with Crippen LogP contribution in [-0.2, 0) is 6.18 Å². The van der Waals surface area contributed by atoms with Crippen LogP contribution in [0.5, 0.6) is 0 Å². The molecule has 1 amide bonds. The first-order valence-corrected chi connectivity index (χ1v) is 10.9. The number of benzene rings is 3. The topological polar surface area (TPSA) is 49.3 Å². The molecule has 3 aromatic carbocycles. The number of hydrogen-bond acceptors (Lipinski definition) is 4. The van der Waals surface area contributed by atoms with E-state index < -0.39 is 17.6 Å². The molecule has 5 rings (SSSR count). The van der Waals surface area contributed by atoms with E-state index in [4.69, 9.17) is 0 Å². The molecule has 1 fully saturated rings. The lowest BCUT2D eigenvalue weighted by Gasteiger charge is -2.35. The van der Waals surface area contributed by atoms with Gasteiger partial charge in [0.05, 0.1) is 16.8 Å². The number of alkyl halides is 3. The van der Waals surface area contributed by atoms with Gasteiger partial charge in [-0.2, -0.15) is 13.2 Å². The monoisotopic (exact) mass is 462 g/mol. The summed E-state index contributed by atoms with van der Waals surface area (Å²) in [5.74, 6) is 0.0673. The summed E-state index contributed by atoms with van der Waals surface area (Å²) in [5.41, 5.74) is 0.504. The van der Waals surface area contributed by atoms with Gasteiger partial charge in [0.2, 0.25) is 0 Å². The van der Waals surface area contributed by atoms with Crippen LogP contribution in [0.2, 0.25) is 0 Å². The van der Waals surface area contributed by atoms with Crippen molar-refractivity contribution < 1.29 is 18.0 Å². The van der Waals surface area contributed by atoms with Gasteiger partial charge in [-0.15, -0.1) is 10.2 Å². The number of anilines is 1. The van der Waals surface area contributed by atoms with Crippen LogP contribution in [0, 0.1) is 0 Å². The van der Waals surface area contributed by atoms with Gasteiger partial charge in [-0.1, -0.05) is 48.5 Å². The second kappa shape index (κ2) is 8.78. The molecule has 0 atom stereocenters. The van der Waals surface area contributed by atoms with Crippen molar-refractivity contribution in [2.75, 3.05) is 31.1 Å². The molecule has 172 valence electrons. The minimum Gasteiger partial charge on any atom is -0.352 e. The second-order valence-corrected chi connectivity index (χ2v) is 8.16. The zero-order valence-electron chi connectivity index (χ0n) is 18.2. The van der Waals surface area contributed by atoms with Gasteiger partial charge < -0.3 is 9.80 Å². The molecule has 0 radical (unpaired) electrons. The smallest absolute Gasteiger partial charge is 0.352 e. The van der Waals surface area contributed by atoms with Crippen molar-refractivity contribution in [3.63, 3.8) is 0 Å². The van der Waals surface area contributed by atoms with Gasteiger partial charge >= 0.3 is 6.18 Å². The third-order valence-electron chi connectivity index (χ3n) is 6.05. The summed E-state index contributed by atoms with van der Waals surface area (Å²) in [7, 11) is 0. The van der Waals surface area contributed by atoms with Crippen molar-refractivity contribution in [1.82, 2.24) is 15.1 Å². The molecule has 34 heavy (non-hydrogen) atoms. The number of carbonyl (C=O) groups is 1. The number of nitrogens with zero attached hydrogens (tertiary/aromatic N) is 4. The molecule has 1 saturated heterocycles. The van der Waals surface area contributed by atoms with Gasteiger partial charge in [0, 0.05) is 31.7 Å². The van der Waals surface area contributed by atoms with Crippen LogP contribution in [0.4, 0.5) is 19.0 Å². The maximum absolute atomic E-state index is 13.3. The molecule has 0 aliphatic carbocycles. The Morgan fingerprint density at radius 3 is 2.18 bits per heavy atom. The first-order valence-electron chi connectivity index (χ1n) is 10.9. The molecule has 1 aliphatic rings. The number of piperazine rings is 1. The van der Waals surface area contributed by atoms with Crippen LogP contribution >= 0.6 is 0 Å². The Bertz CT molecular complexity index is 1330. The van der Waals surface area contributed by atoms with E-state index in [-0.39, 0.29) is 5.56 Å². The number of fused-ring (bicyclic) bond motifs is 1. The summed E-state index contributed by atoms with van der Waals surface area (Å²) in [6.07, 6.45) is -4.57. The molecule has 1 aliphatic heterocycles. The SMILES string of the molecule is O=C(c1ccccc1C(F)(F)F)N1CCN(c2ccc(-c3ccc4ccccc4c3)nn2)CC1. The third kappa shape index (κ3) is 4.31. The summed E-state index contributed by atoms with van der Waals surface area (Å²) in [5, 5.41) is 11.0. The lowest BCUT2D eigenvalue weighted by molar-refractivity contribution is -0.138. The summed E-state index contributed by atoms with van der Waals surface area (Å²) >= 11 is 0. The summed E-state index contributed by atoms with van der Waals surface area (Å²) in [4.78, 5) is 16.2. The van der Waals surface area contributed by atoms with Crippen LogP contribution in [-0.4, -0.2) is 47.2 Å². The Kier molecular flexibility index (Phi) is 5.65. The standard InChI is InChI=1S/C26H21F3N4O/c27-26(28,29)22-8-4-3-7-21(22)25(34)33-15-13-32(14-16-33)24-12-11-23(30-31-24)20-10-9-18-5-1-2-6-19(18)17-20/h1-12,17H,13-16H2.